The summed E-state index contributed by atoms with van der Waals surface area (Å²) < 4.78 is 34.3. The summed E-state index contributed by atoms with van der Waals surface area (Å²) in [6.45, 7) is 5.40. The molecule has 0 saturated carbocycles. The van der Waals surface area contributed by atoms with Crippen molar-refractivity contribution in [2.45, 2.75) is 27.7 Å². The summed E-state index contributed by atoms with van der Waals surface area (Å²) in [6.07, 6.45) is 0. The Hall–Kier alpha value is -4.48. The first-order valence-corrected chi connectivity index (χ1v) is 9.19. The number of aryl methyl sites for hydroxylation is 2. The number of aromatic carboxylic acids is 2. The van der Waals surface area contributed by atoms with Crippen LogP contribution in [0.3, 0.4) is 0 Å². The normalized spacial score (nSPS) is 11.1. The first-order valence-electron chi connectivity index (χ1n) is 9.19. The van der Waals surface area contributed by atoms with Crippen LogP contribution < -0.4 is 0 Å². The van der Waals surface area contributed by atoms with Gasteiger partial charge in [-0.25, -0.2) is 28.0 Å². The van der Waals surface area contributed by atoms with Crippen molar-refractivity contribution in [1.29, 1.82) is 0 Å². The maximum absolute atomic E-state index is 13.0. The minimum absolute atomic E-state index is 0.0463. The number of carboxylic acids is 2. The third kappa shape index (κ3) is 6.76. The van der Waals surface area contributed by atoms with E-state index in [2.05, 4.69) is 9.47 Å². The molecule has 1 heterocycles. The highest BCUT2D eigenvalue weighted by molar-refractivity contribution is 6.15. The SMILES string of the molecule is CC(=O)OC(C)=O.Cc1ccc(F)c(C(=O)O)c1C(=O)O.Cc1ccc(F)c2c1C(=O)OC2=O. The van der Waals surface area contributed by atoms with Crippen molar-refractivity contribution in [3.63, 3.8) is 0 Å². The number of cyclic esters (lactones) is 2. The van der Waals surface area contributed by atoms with Gasteiger partial charge in [0.15, 0.2) is 0 Å². The van der Waals surface area contributed by atoms with E-state index in [0.717, 1.165) is 12.1 Å². The number of halogens is 2. The molecular weight excluding hydrogens is 462 g/mol. The van der Waals surface area contributed by atoms with Crippen LogP contribution in [-0.2, 0) is 19.1 Å². The van der Waals surface area contributed by atoms with Crippen molar-refractivity contribution in [1.82, 2.24) is 0 Å². The van der Waals surface area contributed by atoms with Gasteiger partial charge in [0, 0.05) is 13.8 Å². The second-order valence-electron chi connectivity index (χ2n) is 6.60. The van der Waals surface area contributed by atoms with Crippen LogP contribution in [0, 0.1) is 25.5 Å². The first kappa shape index (κ1) is 27.6. The lowest BCUT2D eigenvalue weighted by Crippen LogP contribution is -2.12. The van der Waals surface area contributed by atoms with E-state index in [1.54, 1.807) is 6.92 Å². The van der Waals surface area contributed by atoms with Crippen molar-refractivity contribution < 1.29 is 57.2 Å². The summed E-state index contributed by atoms with van der Waals surface area (Å²) in [7, 11) is 0. The van der Waals surface area contributed by atoms with E-state index in [4.69, 9.17) is 10.2 Å². The third-order valence-electron chi connectivity index (χ3n) is 4.03. The molecule has 0 aromatic heterocycles. The Kier molecular flexibility index (Phi) is 9.24. The molecule has 180 valence electrons. The van der Waals surface area contributed by atoms with Gasteiger partial charge >= 0.3 is 35.8 Å². The van der Waals surface area contributed by atoms with Crippen LogP contribution in [0.5, 0.6) is 0 Å². The summed E-state index contributed by atoms with van der Waals surface area (Å²) >= 11 is 0. The van der Waals surface area contributed by atoms with Gasteiger partial charge in [0.25, 0.3) is 0 Å². The lowest BCUT2D eigenvalue weighted by molar-refractivity contribution is -0.156. The van der Waals surface area contributed by atoms with E-state index >= 15 is 0 Å². The minimum atomic E-state index is -1.58. The number of rotatable bonds is 2. The Morgan fingerprint density at radius 2 is 1.18 bits per heavy atom. The van der Waals surface area contributed by atoms with Gasteiger partial charge in [0.1, 0.15) is 22.8 Å². The number of carbonyl (C=O) groups excluding carboxylic acids is 4. The number of carboxylic acid groups (broad SMARTS) is 2. The molecule has 0 saturated heterocycles. The minimum Gasteiger partial charge on any atom is -0.478 e. The summed E-state index contributed by atoms with van der Waals surface area (Å²) in [5.41, 5.74) is -0.728. The smallest absolute Gasteiger partial charge is 0.349 e. The number of esters is 4. The molecule has 0 aliphatic carbocycles. The molecule has 0 spiro atoms. The van der Waals surface area contributed by atoms with Crippen LogP contribution >= 0.6 is 0 Å². The van der Waals surface area contributed by atoms with Crippen molar-refractivity contribution in [2.24, 2.45) is 0 Å². The molecule has 34 heavy (non-hydrogen) atoms. The van der Waals surface area contributed by atoms with E-state index in [9.17, 15) is 37.5 Å². The number of fused-ring (bicyclic) bond motifs is 1. The fraction of sp³-hybridized carbons (Fsp3) is 0.182. The first-order chi connectivity index (χ1) is 15.7. The lowest BCUT2D eigenvalue weighted by atomic mass is 10.0. The average Bonchev–Trinajstić information content (AvgIpc) is 3.01. The van der Waals surface area contributed by atoms with E-state index < -0.39 is 58.6 Å². The molecule has 0 unspecified atom stereocenters. The molecule has 0 fully saturated rings. The van der Waals surface area contributed by atoms with E-state index in [0.29, 0.717) is 5.56 Å². The molecule has 2 aromatic rings. The van der Waals surface area contributed by atoms with E-state index in [-0.39, 0.29) is 16.7 Å². The maximum atomic E-state index is 13.0. The van der Waals surface area contributed by atoms with Gasteiger partial charge in [-0.2, -0.15) is 0 Å². The van der Waals surface area contributed by atoms with Crippen molar-refractivity contribution >= 4 is 35.8 Å². The molecule has 10 nitrogen and oxygen atoms in total. The fourth-order valence-electron chi connectivity index (χ4n) is 2.70. The van der Waals surface area contributed by atoms with Gasteiger partial charge in [-0.05, 0) is 37.1 Å². The molecule has 12 heteroatoms. The van der Waals surface area contributed by atoms with Gasteiger partial charge in [-0.3, -0.25) is 9.59 Å². The van der Waals surface area contributed by atoms with Crippen LogP contribution in [0.25, 0.3) is 0 Å². The standard InChI is InChI=1S/C9H7FO4.C9H5FO3.C4H6O3/c1-4-2-3-5(10)7(9(13)14)6(4)8(11)12;1-4-2-3-5(10)7-6(4)8(11)13-9(7)12;1-3(5)7-4(2)6/h2-3H,1H3,(H,11,12)(H,13,14);2-3H,1H3;1-2H3. The van der Waals surface area contributed by atoms with Crippen molar-refractivity contribution in [3.8, 4) is 0 Å². The van der Waals surface area contributed by atoms with Crippen LogP contribution in [0.1, 0.15) is 66.4 Å². The summed E-state index contributed by atoms with van der Waals surface area (Å²) in [6, 6.07) is 4.75. The summed E-state index contributed by atoms with van der Waals surface area (Å²) in [5, 5.41) is 17.3. The van der Waals surface area contributed by atoms with Gasteiger partial charge in [-0.15, -0.1) is 0 Å². The molecule has 0 bridgehead atoms. The number of benzene rings is 2. The zero-order valence-electron chi connectivity index (χ0n) is 18.2. The van der Waals surface area contributed by atoms with Crippen LogP contribution in [0.2, 0.25) is 0 Å². The molecule has 2 aromatic carbocycles. The largest absolute Gasteiger partial charge is 0.478 e. The van der Waals surface area contributed by atoms with E-state index in [1.165, 1.54) is 32.9 Å². The summed E-state index contributed by atoms with van der Waals surface area (Å²) in [5.74, 6) is -7.57. The quantitative estimate of drug-likeness (QED) is 0.483. The predicted molar refractivity (Wildman–Crippen MR) is 108 cm³/mol. The second kappa shape index (κ2) is 11.4. The molecular formula is C22H18F2O10. The van der Waals surface area contributed by atoms with Gasteiger partial charge in [-0.1, -0.05) is 12.1 Å². The topological polar surface area (TPSA) is 161 Å². The highest BCUT2D eigenvalue weighted by Gasteiger charge is 2.34. The number of ether oxygens (including phenoxy) is 2. The molecule has 2 N–H and O–H groups in total. The summed E-state index contributed by atoms with van der Waals surface area (Å²) in [4.78, 5) is 62.9. The maximum Gasteiger partial charge on any atom is 0.349 e. The highest BCUT2D eigenvalue weighted by Crippen LogP contribution is 2.25. The Bertz CT molecular complexity index is 1110. The third-order valence-corrected chi connectivity index (χ3v) is 4.03. The van der Waals surface area contributed by atoms with Crippen molar-refractivity contribution in [3.05, 3.63) is 69.3 Å². The number of hydrogen-bond acceptors (Lipinski definition) is 8. The average molecular weight is 480 g/mol. The molecule has 1 aliphatic heterocycles. The van der Waals surface area contributed by atoms with E-state index in [1.807, 2.05) is 0 Å². The van der Waals surface area contributed by atoms with Gasteiger partial charge in [0.2, 0.25) is 0 Å². The molecule has 0 atom stereocenters. The molecule has 0 radical (unpaired) electrons. The lowest BCUT2D eigenvalue weighted by Gasteiger charge is -2.05. The van der Waals surface area contributed by atoms with Crippen molar-refractivity contribution in [2.75, 3.05) is 0 Å². The predicted octanol–water partition coefficient (Wildman–Crippen LogP) is 3.07. The highest BCUT2D eigenvalue weighted by atomic mass is 19.1. The number of carbonyl (C=O) groups is 6. The Labute approximate surface area is 190 Å². The Balaban J connectivity index is 0.000000270. The zero-order valence-corrected chi connectivity index (χ0v) is 18.2. The molecule has 0 amide bonds. The monoisotopic (exact) mass is 480 g/mol. The Morgan fingerprint density at radius 3 is 1.56 bits per heavy atom. The second-order valence-corrected chi connectivity index (χ2v) is 6.60. The number of hydrogen-bond donors (Lipinski definition) is 2. The van der Waals surface area contributed by atoms with Crippen LogP contribution in [0.15, 0.2) is 24.3 Å². The van der Waals surface area contributed by atoms with Gasteiger partial charge in [0.05, 0.1) is 11.1 Å². The van der Waals surface area contributed by atoms with Crippen LogP contribution in [-0.4, -0.2) is 46.0 Å². The molecule has 1 aliphatic rings. The molecule has 3 rings (SSSR count). The van der Waals surface area contributed by atoms with Crippen LogP contribution in [0.4, 0.5) is 8.78 Å². The van der Waals surface area contributed by atoms with Gasteiger partial charge < -0.3 is 19.7 Å². The Morgan fingerprint density at radius 1 is 0.735 bits per heavy atom. The zero-order chi connectivity index (χ0) is 26.3. The fourth-order valence-corrected chi connectivity index (χ4v) is 2.70.